The number of rotatable bonds is 6. The number of ketones is 1. The van der Waals surface area contributed by atoms with E-state index in [0.29, 0.717) is 44.0 Å². The molecule has 0 aromatic rings. The Labute approximate surface area is 315 Å². The molecule has 4 saturated heterocycles. The molecule has 54 heavy (non-hydrogen) atoms. The molecule has 0 unspecified atom stereocenters. The lowest BCUT2D eigenvalue weighted by molar-refractivity contribution is -0.363. The summed E-state index contributed by atoms with van der Waals surface area (Å²) in [6.07, 6.45) is -9.27. The van der Waals surface area contributed by atoms with Crippen LogP contribution in [0.4, 0.5) is 0 Å². The van der Waals surface area contributed by atoms with Crippen molar-refractivity contribution in [2.75, 3.05) is 19.8 Å². The van der Waals surface area contributed by atoms with Gasteiger partial charge in [-0.05, 0) is 55.3 Å². The minimum absolute atomic E-state index is 0.0195. The molecule has 4 heterocycles. The van der Waals surface area contributed by atoms with Gasteiger partial charge in [0.05, 0.1) is 38.1 Å². The Kier molecular flexibility index (Phi) is 10.5. The zero-order valence-corrected chi connectivity index (χ0v) is 31.6. The molecule has 15 nitrogen and oxygen atoms in total. The summed E-state index contributed by atoms with van der Waals surface area (Å²) < 4.78 is 36.4. The van der Waals surface area contributed by atoms with Crippen LogP contribution >= 0.6 is 0 Å². The van der Waals surface area contributed by atoms with Gasteiger partial charge in [-0.3, -0.25) is 4.79 Å². The summed E-state index contributed by atoms with van der Waals surface area (Å²) in [5.41, 5.74) is 0.462. The van der Waals surface area contributed by atoms with E-state index in [1.807, 2.05) is 6.92 Å². The SMILES string of the molecule is C[C@@H]1CO[C@]2(C[C@@H]1O)O[C@H]1C[C@@H]3[C@@H]4CC=C5C[C@@H](O[C@@H]6O[C@H](CO)[C@H](O[C@@H]7O[C@H](CO)[C@@H](O)[C@H](O)[C@H]7O)[C@H](O)[C@H]6O)CC[C@]5(C)[C@H]4CC(=O)[C@]3(C)[C@H]1[C@@H]2C. The molecule has 22 atom stereocenters. The quantitative estimate of drug-likeness (QED) is 0.159. The van der Waals surface area contributed by atoms with Gasteiger partial charge in [0.1, 0.15) is 54.6 Å². The third-order valence-electron chi connectivity index (χ3n) is 15.6. The number of allylic oxidation sites excluding steroid dienone is 1. The summed E-state index contributed by atoms with van der Waals surface area (Å²) in [5, 5.41) is 83.5. The Morgan fingerprint density at radius 3 is 2.24 bits per heavy atom. The molecule has 8 aliphatic rings. The van der Waals surface area contributed by atoms with E-state index in [4.69, 9.17) is 28.4 Å². The van der Waals surface area contributed by atoms with E-state index in [1.165, 1.54) is 5.57 Å². The molecule has 7 fully saturated rings. The van der Waals surface area contributed by atoms with E-state index in [9.17, 15) is 45.6 Å². The van der Waals surface area contributed by atoms with Crippen molar-refractivity contribution in [1.29, 1.82) is 0 Å². The molecular formula is C39H60O15. The number of aliphatic hydroxyl groups is 8. The number of ether oxygens (including phenoxy) is 6. The minimum atomic E-state index is -1.75. The maximum atomic E-state index is 14.5. The van der Waals surface area contributed by atoms with E-state index >= 15 is 0 Å². The molecule has 15 heteroatoms. The van der Waals surface area contributed by atoms with Crippen molar-refractivity contribution in [2.45, 2.75) is 158 Å². The second kappa shape index (κ2) is 14.3. The highest BCUT2D eigenvalue weighted by molar-refractivity contribution is 5.87. The lowest BCUT2D eigenvalue weighted by Crippen LogP contribution is -2.65. The number of carbonyl (C=O) groups excluding carboxylic acids is 1. The van der Waals surface area contributed by atoms with Crippen LogP contribution in [0, 0.1) is 46.3 Å². The largest absolute Gasteiger partial charge is 0.394 e. The van der Waals surface area contributed by atoms with Crippen molar-refractivity contribution in [3.8, 4) is 0 Å². The van der Waals surface area contributed by atoms with Crippen LogP contribution in [0.2, 0.25) is 0 Å². The number of fused-ring (bicyclic) bond motifs is 7. The lowest BCUT2D eigenvalue weighted by atomic mass is 9.46. The van der Waals surface area contributed by atoms with Crippen LogP contribution in [-0.4, -0.2) is 152 Å². The Morgan fingerprint density at radius 2 is 1.54 bits per heavy atom. The first-order chi connectivity index (χ1) is 25.6. The first-order valence-corrected chi connectivity index (χ1v) is 20.0. The zero-order chi connectivity index (χ0) is 38.6. The van der Waals surface area contributed by atoms with Gasteiger partial charge in [0, 0.05) is 36.0 Å². The van der Waals surface area contributed by atoms with Gasteiger partial charge >= 0.3 is 0 Å². The third kappa shape index (κ3) is 5.94. The molecule has 0 aromatic heterocycles. The fourth-order valence-corrected chi connectivity index (χ4v) is 12.3. The average Bonchev–Trinajstić information content (AvgIpc) is 3.59. The Balaban J connectivity index is 0.930. The van der Waals surface area contributed by atoms with Gasteiger partial charge in [-0.2, -0.15) is 0 Å². The van der Waals surface area contributed by atoms with Gasteiger partial charge in [-0.1, -0.05) is 39.3 Å². The molecular weight excluding hydrogens is 708 g/mol. The van der Waals surface area contributed by atoms with Gasteiger partial charge in [0.25, 0.3) is 0 Å². The molecule has 0 aromatic carbocycles. The number of aliphatic hydroxyl groups excluding tert-OH is 8. The van der Waals surface area contributed by atoms with E-state index in [0.717, 1.165) is 19.3 Å². The summed E-state index contributed by atoms with van der Waals surface area (Å²) in [4.78, 5) is 14.5. The highest BCUT2D eigenvalue weighted by Gasteiger charge is 2.72. The van der Waals surface area contributed by atoms with Crippen LogP contribution in [0.3, 0.4) is 0 Å². The zero-order valence-electron chi connectivity index (χ0n) is 31.6. The molecule has 0 amide bonds. The Bertz CT molecular complexity index is 1440. The topological polar surface area (TPSA) is 234 Å². The Hall–Kier alpha value is -1.15. The fourth-order valence-electron chi connectivity index (χ4n) is 12.3. The first kappa shape index (κ1) is 39.7. The molecule has 306 valence electrons. The predicted molar refractivity (Wildman–Crippen MR) is 185 cm³/mol. The molecule has 8 N–H and O–H groups in total. The number of Topliss-reactive ketones (excluding diaryl/α,β-unsaturated/α-hetero) is 1. The van der Waals surface area contributed by atoms with Crippen molar-refractivity contribution >= 4 is 5.78 Å². The number of carbonyl (C=O) groups is 1. The second-order valence-electron chi connectivity index (χ2n) is 18.3. The van der Waals surface area contributed by atoms with Crippen molar-refractivity contribution < 1.29 is 74.1 Å². The number of hydrogen-bond acceptors (Lipinski definition) is 15. The molecule has 0 radical (unpaired) electrons. The second-order valence-corrected chi connectivity index (χ2v) is 18.3. The van der Waals surface area contributed by atoms with Gasteiger partial charge in [0.2, 0.25) is 0 Å². The molecule has 8 rings (SSSR count). The molecule has 1 spiro atoms. The predicted octanol–water partition coefficient (Wildman–Crippen LogP) is -0.488. The van der Waals surface area contributed by atoms with Crippen LogP contribution in [0.15, 0.2) is 11.6 Å². The van der Waals surface area contributed by atoms with Crippen LogP contribution in [0.5, 0.6) is 0 Å². The van der Waals surface area contributed by atoms with Crippen LogP contribution in [0.1, 0.15) is 72.6 Å². The normalized spacial score (nSPS) is 57.2. The van der Waals surface area contributed by atoms with Gasteiger partial charge in [0.15, 0.2) is 18.4 Å². The van der Waals surface area contributed by atoms with Gasteiger partial charge in [-0.25, -0.2) is 0 Å². The first-order valence-electron chi connectivity index (χ1n) is 20.0. The minimum Gasteiger partial charge on any atom is -0.394 e. The van der Waals surface area contributed by atoms with Crippen LogP contribution in [-0.2, 0) is 33.2 Å². The highest BCUT2D eigenvalue weighted by atomic mass is 16.7. The molecule has 3 saturated carbocycles. The maximum Gasteiger partial charge on any atom is 0.187 e. The standard InChI is InChI=1S/C39H60O15/c1-16-15-49-39(12-23(16)42)17(2)28-24(54-39)10-22-20-6-5-18-9-19(7-8-37(18,3)21(20)11-27(43)38(22,28)4)50-35-33(48)31(46)34(26(14-41)52-35)53-36-32(47)30(45)29(44)25(13-40)51-36/h5,16-17,19-26,28-36,40-42,44-48H,6-15H2,1-4H3/t16-,17+,19+,20-,21+,22-,23+,24+,25-,26-,28+,29-,30+,31-,32-,33-,34+,35-,36+,37+,38-,39-/m1/s1. The number of hydrogen-bond donors (Lipinski definition) is 8. The molecule has 4 aliphatic heterocycles. The maximum absolute atomic E-state index is 14.5. The summed E-state index contributed by atoms with van der Waals surface area (Å²) in [6, 6.07) is 0. The monoisotopic (exact) mass is 768 g/mol. The lowest BCUT2D eigenvalue weighted by Gasteiger charge is -2.58. The summed E-state index contributed by atoms with van der Waals surface area (Å²) in [5.74, 6) is 0.156. The van der Waals surface area contributed by atoms with Crippen LogP contribution in [0.25, 0.3) is 0 Å². The van der Waals surface area contributed by atoms with Crippen molar-refractivity contribution in [3.05, 3.63) is 11.6 Å². The summed E-state index contributed by atoms with van der Waals surface area (Å²) in [7, 11) is 0. The van der Waals surface area contributed by atoms with E-state index < -0.39 is 91.9 Å². The summed E-state index contributed by atoms with van der Waals surface area (Å²) >= 11 is 0. The van der Waals surface area contributed by atoms with Crippen molar-refractivity contribution in [3.63, 3.8) is 0 Å². The smallest absolute Gasteiger partial charge is 0.187 e. The van der Waals surface area contributed by atoms with E-state index in [1.54, 1.807) is 0 Å². The third-order valence-corrected chi connectivity index (χ3v) is 15.6. The van der Waals surface area contributed by atoms with E-state index in [2.05, 4.69) is 26.8 Å². The molecule has 4 aliphatic carbocycles. The highest BCUT2D eigenvalue weighted by Crippen LogP contribution is 2.69. The Morgan fingerprint density at radius 1 is 0.852 bits per heavy atom. The van der Waals surface area contributed by atoms with Crippen LogP contribution < -0.4 is 0 Å². The van der Waals surface area contributed by atoms with Crippen molar-refractivity contribution in [1.82, 2.24) is 0 Å². The van der Waals surface area contributed by atoms with Gasteiger partial charge in [-0.15, -0.1) is 0 Å². The fraction of sp³-hybridized carbons (Fsp3) is 0.923. The van der Waals surface area contributed by atoms with Gasteiger partial charge < -0.3 is 69.3 Å². The van der Waals surface area contributed by atoms with E-state index in [-0.39, 0.29) is 47.2 Å². The molecule has 0 bridgehead atoms. The summed E-state index contributed by atoms with van der Waals surface area (Å²) in [6.45, 7) is 7.68. The average molecular weight is 769 g/mol. The van der Waals surface area contributed by atoms with Crippen molar-refractivity contribution in [2.24, 2.45) is 46.3 Å².